The van der Waals surface area contributed by atoms with E-state index >= 15 is 0 Å². The van der Waals surface area contributed by atoms with Crippen molar-refractivity contribution in [1.82, 2.24) is 9.71 Å². The number of sulfonamides is 1. The monoisotopic (exact) mass is 294 g/mol. The standard InChI is InChI=1S/C10H15ClN2O4S/c1-7(2-3-14)5-13-18(16,17)8-4-9(11)10(15)12-6-8/h4,6-7,13-14H,2-3,5H2,1H3,(H,12,15). The second-order valence-corrected chi connectivity index (χ2v) is 6.16. The zero-order chi connectivity index (χ0) is 13.8. The van der Waals surface area contributed by atoms with Crippen LogP contribution in [0.25, 0.3) is 0 Å². The number of nitrogens with one attached hydrogen (secondary N) is 2. The third kappa shape index (κ3) is 4.09. The molecule has 0 aliphatic carbocycles. The molecule has 1 unspecified atom stereocenters. The summed E-state index contributed by atoms with van der Waals surface area (Å²) in [6.07, 6.45) is 1.60. The quantitative estimate of drug-likeness (QED) is 0.704. The van der Waals surface area contributed by atoms with Gasteiger partial charge in [0.2, 0.25) is 10.0 Å². The molecule has 1 aromatic rings. The summed E-state index contributed by atoms with van der Waals surface area (Å²) in [5.41, 5.74) is -0.538. The molecule has 1 aromatic heterocycles. The molecule has 0 saturated heterocycles. The minimum absolute atomic E-state index is 0.00732. The summed E-state index contributed by atoms with van der Waals surface area (Å²) in [4.78, 5) is 13.2. The minimum atomic E-state index is -3.70. The highest BCUT2D eigenvalue weighted by molar-refractivity contribution is 7.89. The molecule has 8 heteroatoms. The maximum atomic E-state index is 11.9. The number of rotatable bonds is 6. The molecule has 1 atom stereocenters. The van der Waals surface area contributed by atoms with Crippen LogP contribution in [0.5, 0.6) is 0 Å². The largest absolute Gasteiger partial charge is 0.396 e. The maximum absolute atomic E-state index is 11.9. The summed E-state index contributed by atoms with van der Waals surface area (Å²) in [5, 5.41) is 8.54. The summed E-state index contributed by atoms with van der Waals surface area (Å²) >= 11 is 5.56. The Balaban J connectivity index is 2.80. The van der Waals surface area contributed by atoms with Crippen molar-refractivity contribution >= 4 is 21.6 Å². The molecule has 0 radical (unpaired) electrons. The Labute approximate surface area is 110 Å². The molecule has 6 nitrogen and oxygen atoms in total. The Bertz CT molecular complexity index is 555. The molecular formula is C10H15ClN2O4S. The lowest BCUT2D eigenvalue weighted by molar-refractivity contribution is 0.263. The van der Waals surface area contributed by atoms with E-state index in [-0.39, 0.29) is 29.0 Å². The van der Waals surface area contributed by atoms with Gasteiger partial charge in [-0.05, 0) is 18.4 Å². The second-order valence-electron chi connectivity index (χ2n) is 3.98. The molecule has 0 amide bonds. The van der Waals surface area contributed by atoms with Crippen molar-refractivity contribution in [2.24, 2.45) is 5.92 Å². The lowest BCUT2D eigenvalue weighted by Gasteiger charge is -2.11. The van der Waals surface area contributed by atoms with Crippen LogP contribution in [-0.4, -0.2) is 31.7 Å². The number of aromatic amines is 1. The minimum Gasteiger partial charge on any atom is -0.396 e. The zero-order valence-corrected chi connectivity index (χ0v) is 11.4. The molecule has 0 saturated carbocycles. The molecule has 18 heavy (non-hydrogen) atoms. The van der Waals surface area contributed by atoms with Crippen LogP contribution in [0.2, 0.25) is 5.02 Å². The molecular weight excluding hydrogens is 280 g/mol. The van der Waals surface area contributed by atoms with Crippen LogP contribution in [0, 0.1) is 5.92 Å². The molecule has 0 aromatic carbocycles. The first kappa shape index (κ1) is 15.2. The summed E-state index contributed by atoms with van der Waals surface area (Å²) < 4.78 is 26.1. The van der Waals surface area contributed by atoms with E-state index in [1.54, 1.807) is 0 Å². The fourth-order valence-electron chi connectivity index (χ4n) is 1.25. The molecule has 0 bridgehead atoms. The first-order valence-electron chi connectivity index (χ1n) is 5.35. The van der Waals surface area contributed by atoms with E-state index in [9.17, 15) is 13.2 Å². The van der Waals surface area contributed by atoms with Gasteiger partial charge in [0.15, 0.2) is 0 Å². The Hall–Kier alpha value is -0.890. The summed E-state index contributed by atoms with van der Waals surface area (Å²) in [7, 11) is -3.70. The van der Waals surface area contributed by atoms with E-state index in [1.165, 1.54) is 0 Å². The molecule has 0 fully saturated rings. The van der Waals surface area contributed by atoms with Gasteiger partial charge in [-0.3, -0.25) is 4.79 Å². The SMILES string of the molecule is CC(CCO)CNS(=O)(=O)c1c[nH]c(=O)c(Cl)c1. The average molecular weight is 295 g/mol. The summed E-state index contributed by atoms with van der Waals surface area (Å²) in [6.45, 7) is 2.03. The van der Waals surface area contributed by atoms with E-state index in [0.29, 0.717) is 6.42 Å². The van der Waals surface area contributed by atoms with Crippen LogP contribution < -0.4 is 10.3 Å². The fourth-order valence-corrected chi connectivity index (χ4v) is 2.65. The fraction of sp³-hybridized carbons (Fsp3) is 0.500. The molecule has 102 valence electrons. The smallest absolute Gasteiger partial charge is 0.266 e. The van der Waals surface area contributed by atoms with Gasteiger partial charge in [0.25, 0.3) is 5.56 Å². The Morgan fingerprint density at radius 2 is 2.22 bits per heavy atom. The number of aliphatic hydroxyl groups is 1. The van der Waals surface area contributed by atoms with Crippen molar-refractivity contribution in [3.8, 4) is 0 Å². The van der Waals surface area contributed by atoms with Crippen molar-refractivity contribution in [3.63, 3.8) is 0 Å². The van der Waals surface area contributed by atoms with Crippen molar-refractivity contribution in [2.75, 3.05) is 13.2 Å². The molecule has 3 N–H and O–H groups in total. The molecule has 1 heterocycles. The van der Waals surface area contributed by atoms with Gasteiger partial charge in [0, 0.05) is 19.3 Å². The lowest BCUT2D eigenvalue weighted by Crippen LogP contribution is -2.29. The van der Waals surface area contributed by atoms with Gasteiger partial charge in [-0.25, -0.2) is 13.1 Å². The van der Waals surface area contributed by atoms with Gasteiger partial charge in [-0.1, -0.05) is 18.5 Å². The third-order valence-electron chi connectivity index (χ3n) is 2.39. The number of aromatic nitrogens is 1. The summed E-state index contributed by atoms with van der Waals surface area (Å²) in [6, 6.07) is 1.10. The van der Waals surface area contributed by atoms with Gasteiger partial charge in [0.1, 0.15) is 5.02 Å². The van der Waals surface area contributed by atoms with Crippen LogP contribution in [0.1, 0.15) is 13.3 Å². The van der Waals surface area contributed by atoms with Crippen molar-refractivity contribution in [1.29, 1.82) is 0 Å². The van der Waals surface area contributed by atoms with E-state index < -0.39 is 15.6 Å². The highest BCUT2D eigenvalue weighted by Gasteiger charge is 2.16. The first-order valence-corrected chi connectivity index (χ1v) is 7.21. The van der Waals surface area contributed by atoms with Gasteiger partial charge in [-0.2, -0.15) is 0 Å². The van der Waals surface area contributed by atoms with Gasteiger partial charge in [0.05, 0.1) is 4.90 Å². The molecule has 1 rings (SSSR count). The molecule has 0 aliphatic rings. The second kappa shape index (κ2) is 6.33. The van der Waals surface area contributed by atoms with Gasteiger partial charge < -0.3 is 10.1 Å². The number of pyridine rings is 1. The highest BCUT2D eigenvalue weighted by Crippen LogP contribution is 2.11. The van der Waals surface area contributed by atoms with Crippen LogP contribution in [-0.2, 0) is 10.0 Å². The zero-order valence-electron chi connectivity index (χ0n) is 9.81. The van der Waals surface area contributed by atoms with E-state index in [1.807, 2.05) is 6.92 Å². The highest BCUT2D eigenvalue weighted by atomic mass is 35.5. The van der Waals surface area contributed by atoms with E-state index in [4.69, 9.17) is 16.7 Å². The number of hydrogen-bond donors (Lipinski definition) is 3. The predicted octanol–water partition coefficient (Wildman–Crippen LogP) is 0.325. The number of aliphatic hydroxyl groups excluding tert-OH is 1. The number of halogens is 1. The van der Waals surface area contributed by atoms with Crippen LogP contribution in [0.15, 0.2) is 22.0 Å². The lowest BCUT2D eigenvalue weighted by atomic mass is 10.1. The van der Waals surface area contributed by atoms with Crippen LogP contribution in [0.4, 0.5) is 0 Å². The molecule has 0 spiro atoms. The number of hydrogen-bond acceptors (Lipinski definition) is 4. The predicted molar refractivity (Wildman–Crippen MR) is 68.1 cm³/mol. The Morgan fingerprint density at radius 1 is 1.56 bits per heavy atom. The van der Waals surface area contributed by atoms with Crippen LogP contribution in [0.3, 0.4) is 0 Å². The maximum Gasteiger partial charge on any atom is 0.266 e. The average Bonchev–Trinajstić information content (AvgIpc) is 2.30. The normalized spacial score (nSPS) is 13.5. The van der Waals surface area contributed by atoms with E-state index in [2.05, 4.69) is 9.71 Å². The summed E-state index contributed by atoms with van der Waals surface area (Å²) in [5.74, 6) is 0.0167. The third-order valence-corrected chi connectivity index (χ3v) is 4.07. The van der Waals surface area contributed by atoms with Gasteiger partial charge >= 0.3 is 0 Å². The topological polar surface area (TPSA) is 99.3 Å². The van der Waals surface area contributed by atoms with Crippen molar-refractivity contribution in [3.05, 3.63) is 27.6 Å². The Kier molecular flexibility index (Phi) is 5.33. The molecule has 0 aliphatic heterocycles. The van der Waals surface area contributed by atoms with Gasteiger partial charge in [-0.15, -0.1) is 0 Å². The van der Waals surface area contributed by atoms with E-state index in [0.717, 1.165) is 12.3 Å². The van der Waals surface area contributed by atoms with Crippen molar-refractivity contribution in [2.45, 2.75) is 18.2 Å². The first-order chi connectivity index (χ1) is 8.36. The van der Waals surface area contributed by atoms with Crippen LogP contribution >= 0.6 is 11.6 Å². The van der Waals surface area contributed by atoms with Crippen molar-refractivity contribution < 1.29 is 13.5 Å². The number of H-pyrrole nitrogens is 1. The Morgan fingerprint density at radius 3 is 2.78 bits per heavy atom.